The second kappa shape index (κ2) is 15.7. The van der Waals surface area contributed by atoms with Gasteiger partial charge in [-0.05, 0) is 39.5 Å². The standard InChI is InChI=1S/C18H33N3O2.HI/c1-3-19-18(21-16-12-9-10-13-16)20-15-11-7-5-6-8-14-17(22)23-4-2;/h9-10,16H,3-8,11-15H2,1-2H3,(H2,19,20,21);1H. The van der Waals surface area contributed by atoms with Crippen LogP contribution in [0.5, 0.6) is 0 Å². The number of halogens is 1. The number of hydrogen-bond donors (Lipinski definition) is 2. The largest absolute Gasteiger partial charge is 0.466 e. The van der Waals surface area contributed by atoms with E-state index in [9.17, 15) is 4.79 Å². The summed E-state index contributed by atoms with van der Waals surface area (Å²) >= 11 is 0. The van der Waals surface area contributed by atoms with Crippen molar-refractivity contribution in [3.63, 3.8) is 0 Å². The molecule has 0 heterocycles. The summed E-state index contributed by atoms with van der Waals surface area (Å²) in [5, 5.41) is 6.78. The second-order valence-corrected chi connectivity index (χ2v) is 5.87. The molecular weight excluding hydrogens is 417 g/mol. The summed E-state index contributed by atoms with van der Waals surface area (Å²) in [5.41, 5.74) is 0. The zero-order valence-corrected chi connectivity index (χ0v) is 17.5. The van der Waals surface area contributed by atoms with E-state index in [1.807, 2.05) is 6.92 Å². The smallest absolute Gasteiger partial charge is 0.305 e. The van der Waals surface area contributed by atoms with E-state index in [0.29, 0.717) is 19.1 Å². The summed E-state index contributed by atoms with van der Waals surface area (Å²) in [6.45, 7) is 6.16. The molecule has 0 fully saturated rings. The van der Waals surface area contributed by atoms with E-state index in [4.69, 9.17) is 4.74 Å². The summed E-state index contributed by atoms with van der Waals surface area (Å²) in [6, 6.07) is 0.496. The Morgan fingerprint density at radius 2 is 1.79 bits per heavy atom. The first-order valence-corrected chi connectivity index (χ1v) is 9.11. The van der Waals surface area contributed by atoms with E-state index in [-0.39, 0.29) is 29.9 Å². The van der Waals surface area contributed by atoms with Gasteiger partial charge >= 0.3 is 5.97 Å². The van der Waals surface area contributed by atoms with E-state index in [1.165, 1.54) is 0 Å². The number of carbonyl (C=O) groups is 1. The van der Waals surface area contributed by atoms with E-state index >= 15 is 0 Å². The topological polar surface area (TPSA) is 62.7 Å². The highest BCUT2D eigenvalue weighted by atomic mass is 127. The van der Waals surface area contributed by atoms with Crippen molar-refractivity contribution in [3.05, 3.63) is 12.2 Å². The second-order valence-electron chi connectivity index (χ2n) is 5.87. The van der Waals surface area contributed by atoms with Crippen LogP contribution in [0.3, 0.4) is 0 Å². The van der Waals surface area contributed by atoms with Gasteiger partial charge in [0.05, 0.1) is 6.61 Å². The van der Waals surface area contributed by atoms with Gasteiger partial charge in [-0.15, -0.1) is 24.0 Å². The fraction of sp³-hybridized carbons (Fsp3) is 0.778. The van der Waals surface area contributed by atoms with Gasteiger partial charge in [0.15, 0.2) is 5.96 Å². The predicted molar refractivity (Wildman–Crippen MR) is 111 cm³/mol. The van der Waals surface area contributed by atoms with Gasteiger partial charge in [0.1, 0.15) is 0 Å². The molecule has 0 saturated heterocycles. The Kier molecular flexibility index (Phi) is 15.2. The summed E-state index contributed by atoms with van der Waals surface area (Å²) in [7, 11) is 0. The molecular formula is C18H34IN3O2. The van der Waals surface area contributed by atoms with Crippen molar-refractivity contribution in [2.45, 2.75) is 71.3 Å². The molecule has 1 aliphatic carbocycles. The molecule has 0 saturated carbocycles. The molecule has 0 radical (unpaired) electrons. The molecule has 0 spiro atoms. The minimum atomic E-state index is -0.0696. The van der Waals surface area contributed by atoms with Gasteiger partial charge in [-0.3, -0.25) is 9.79 Å². The van der Waals surface area contributed by atoms with Crippen molar-refractivity contribution in [2.24, 2.45) is 4.99 Å². The fourth-order valence-electron chi connectivity index (χ4n) is 2.58. The third-order valence-electron chi connectivity index (χ3n) is 3.81. The van der Waals surface area contributed by atoms with Crippen LogP contribution in [0.2, 0.25) is 0 Å². The first-order valence-electron chi connectivity index (χ1n) is 9.11. The van der Waals surface area contributed by atoms with Crippen molar-refractivity contribution in [3.8, 4) is 0 Å². The van der Waals surface area contributed by atoms with Crippen LogP contribution in [-0.2, 0) is 9.53 Å². The molecule has 0 aromatic heterocycles. The molecule has 6 heteroatoms. The molecule has 0 aromatic carbocycles. The molecule has 0 aliphatic heterocycles. The molecule has 24 heavy (non-hydrogen) atoms. The van der Waals surface area contributed by atoms with Crippen molar-refractivity contribution in [2.75, 3.05) is 19.7 Å². The summed E-state index contributed by atoms with van der Waals surface area (Å²) in [5.74, 6) is 0.864. The number of nitrogens with zero attached hydrogens (tertiary/aromatic N) is 1. The van der Waals surface area contributed by atoms with Crippen LogP contribution in [0.1, 0.15) is 65.2 Å². The van der Waals surface area contributed by atoms with Crippen molar-refractivity contribution >= 4 is 35.9 Å². The Morgan fingerprint density at radius 3 is 2.46 bits per heavy atom. The first kappa shape index (κ1) is 23.2. The number of carbonyl (C=O) groups excluding carboxylic acids is 1. The van der Waals surface area contributed by atoms with Crippen LogP contribution in [0.25, 0.3) is 0 Å². The molecule has 2 N–H and O–H groups in total. The average Bonchev–Trinajstić information content (AvgIpc) is 3.03. The maximum Gasteiger partial charge on any atom is 0.305 e. The number of nitrogens with one attached hydrogen (secondary N) is 2. The highest BCUT2D eigenvalue weighted by Gasteiger charge is 2.11. The zero-order valence-electron chi connectivity index (χ0n) is 15.2. The van der Waals surface area contributed by atoms with E-state index < -0.39 is 0 Å². The highest BCUT2D eigenvalue weighted by Crippen LogP contribution is 2.09. The maximum atomic E-state index is 11.2. The van der Waals surface area contributed by atoms with Gasteiger partial charge in [-0.25, -0.2) is 0 Å². The van der Waals surface area contributed by atoms with Crippen LogP contribution in [0.4, 0.5) is 0 Å². The lowest BCUT2D eigenvalue weighted by Crippen LogP contribution is -2.42. The Labute approximate surface area is 164 Å². The minimum Gasteiger partial charge on any atom is -0.466 e. The van der Waals surface area contributed by atoms with Gasteiger partial charge in [-0.2, -0.15) is 0 Å². The van der Waals surface area contributed by atoms with E-state index in [2.05, 4.69) is 34.7 Å². The number of hydrogen-bond acceptors (Lipinski definition) is 3. The van der Waals surface area contributed by atoms with Crippen LogP contribution in [-0.4, -0.2) is 37.7 Å². The predicted octanol–water partition coefficient (Wildman–Crippen LogP) is 3.78. The highest BCUT2D eigenvalue weighted by molar-refractivity contribution is 14.0. The lowest BCUT2D eigenvalue weighted by molar-refractivity contribution is -0.143. The van der Waals surface area contributed by atoms with E-state index in [1.54, 1.807) is 0 Å². The monoisotopic (exact) mass is 451 g/mol. The third kappa shape index (κ3) is 11.7. The Hall–Kier alpha value is -0.790. The molecule has 0 atom stereocenters. The quantitative estimate of drug-likeness (QED) is 0.125. The lowest BCUT2D eigenvalue weighted by atomic mass is 10.1. The van der Waals surface area contributed by atoms with Gasteiger partial charge < -0.3 is 15.4 Å². The molecule has 5 nitrogen and oxygen atoms in total. The lowest BCUT2D eigenvalue weighted by Gasteiger charge is -2.16. The molecule has 0 aromatic rings. The maximum absolute atomic E-state index is 11.2. The summed E-state index contributed by atoms with van der Waals surface area (Å²) in [4.78, 5) is 15.8. The summed E-state index contributed by atoms with van der Waals surface area (Å²) < 4.78 is 4.92. The Bertz CT molecular complexity index is 378. The van der Waals surface area contributed by atoms with Gasteiger partial charge in [0.25, 0.3) is 0 Å². The average molecular weight is 451 g/mol. The number of guanidine groups is 1. The number of esters is 1. The number of aliphatic imine (C=N–C) groups is 1. The molecule has 1 aliphatic rings. The molecule has 1 rings (SSSR count). The van der Waals surface area contributed by atoms with Crippen molar-refractivity contribution in [1.29, 1.82) is 0 Å². The molecule has 0 bridgehead atoms. The number of ether oxygens (including phenoxy) is 1. The fourth-order valence-corrected chi connectivity index (χ4v) is 2.58. The SMILES string of the molecule is CCNC(=NCCCCCCCC(=O)OCC)NC1CC=CC1.I. The number of rotatable bonds is 11. The zero-order chi connectivity index (χ0) is 16.8. The first-order chi connectivity index (χ1) is 11.3. The van der Waals surface area contributed by atoms with Gasteiger partial charge in [0, 0.05) is 25.6 Å². The number of unbranched alkanes of at least 4 members (excludes halogenated alkanes) is 4. The third-order valence-corrected chi connectivity index (χ3v) is 3.81. The normalized spacial score (nSPS) is 14.3. The van der Waals surface area contributed by atoms with Crippen LogP contribution >= 0.6 is 24.0 Å². The molecule has 0 unspecified atom stereocenters. The van der Waals surface area contributed by atoms with Crippen LogP contribution in [0.15, 0.2) is 17.1 Å². The molecule has 0 amide bonds. The Balaban J connectivity index is 0.00000529. The van der Waals surface area contributed by atoms with E-state index in [0.717, 1.165) is 64.0 Å². The molecule has 140 valence electrons. The van der Waals surface area contributed by atoms with Gasteiger partial charge in [-0.1, -0.05) is 31.4 Å². The van der Waals surface area contributed by atoms with Crippen LogP contribution < -0.4 is 10.6 Å². The van der Waals surface area contributed by atoms with Crippen molar-refractivity contribution in [1.82, 2.24) is 10.6 Å². The van der Waals surface area contributed by atoms with Crippen molar-refractivity contribution < 1.29 is 9.53 Å². The summed E-state index contributed by atoms with van der Waals surface area (Å²) in [6.07, 6.45) is 12.6. The van der Waals surface area contributed by atoms with Gasteiger partial charge in [0.2, 0.25) is 0 Å². The Morgan fingerprint density at radius 1 is 1.12 bits per heavy atom. The minimum absolute atomic E-state index is 0. The van der Waals surface area contributed by atoms with Crippen LogP contribution in [0, 0.1) is 0 Å².